The first kappa shape index (κ1) is 16.6. The van der Waals surface area contributed by atoms with Crippen LogP contribution in [0.3, 0.4) is 0 Å². The van der Waals surface area contributed by atoms with Crippen LogP contribution in [0.15, 0.2) is 24.3 Å². The van der Waals surface area contributed by atoms with Gasteiger partial charge in [0.05, 0.1) is 14.2 Å². The zero-order valence-electron chi connectivity index (χ0n) is 10.6. The van der Waals surface area contributed by atoms with Gasteiger partial charge in [-0.25, -0.2) is 4.79 Å². The molecule has 0 bridgehead atoms. The molecule has 0 amide bonds. The summed E-state index contributed by atoms with van der Waals surface area (Å²) in [4.78, 5) is 9.82. The molecule has 0 aliphatic rings. The molecule has 0 radical (unpaired) electrons. The van der Waals surface area contributed by atoms with Crippen molar-refractivity contribution in [3.8, 4) is 11.5 Å². The molecular formula is C12H18O5S. The highest BCUT2D eigenvalue weighted by molar-refractivity contribution is 8.00. The number of aliphatic hydroxyl groups excluding tert-OH is 1. The number of carbonyl (C=O) groups is 1. The van der Waals surface area contributed by atoms with Gasteiger partial charge in [-0.1, -0.05) is 19.1 Å². The molecule has 1 atom stereocenters. The number of aliphatic hydroxyl groups is 1. The lowest BCUT2D eigenvalue weighted by Gasteiger charge is -2.04. The molecule has 1 unspecified atom stereocenters. The summed E-state index contributed by atoms with van der Waals surface area (Å²) in [5.41, 5.74) is -1.25. The third kappa shape index (κ3) is 6.36. The zero-order valence-corrected chi connectivity index (χ0v) is 11.4. The number of rotatable bonds is 5. The predicted molar refractivity (Wildman–Crippen MR) is 71.3 cm³/mol. The van der Waals surface area contributed by atoms with Gasteiger partial charge in [-0.05, 0) is 17.9 Å². The van der Waals surface area contributed by atoms with Gasteiger partial charge in [0.25, 0.3) is 0 Å². The van der Waals surface area contributed by atoms with Gasteiger partial charge < -0.3 is 19.7 Å². The average Bonchev–Trinajstić information content (AvgIpc) is 2.39. The largest absolute Gasteiger partial charge is 0.493 e. The second-order valence-electron chi connectivity index (χ2n) is 3.00. The Hall–Kier alpha value is -1.40. The summed E-state index contributed by atoms with van der Waals surface area (Å²) in [6.07, 6.45) is 0. The third-order valence-electron chi connectivity index (χ3n) is 1.82. The lowest BCUT2D eigenvalue weighted by molar-refractivity contribution is -0.141. The van der Waals surface area contributed by atoms with Crippen molar-refractivity contribution < 1.29 is 24.5 Å². The van der Waals surface area contributed by atoms with Crippen molar-refractivity contribution in [3.05, 3.63) is 24.3 Å². The van der Waals surface area contributed by atoms with Gasteiger partial charge >= 0.3 is 5.97 Å². The Labute approximate surface area is 111 Å². The number of carboxylic acid groups (broad SMARTS) is 1. The molecule has 0 aliphatic heterocycles. The molecule has 2 N–H and O–H groups in total. The van der Waals surface area contributed by atoms with E-state index in [-0.39, 0.29) is 0 Å². The number of aliphatic carboxylic acids is 1. The van der Waals surface area contributed by atoms with Crippen LogP contribution < -0.4 is 9.47 Å². The fourth-order valence-electron chi connectivity index (χ4n) is 1.02. The van der Waals surface area contributed by atoms with Gasteiger partial charge in [0, 0.05) is 0 Å². The maximum Gasteiger partial charge on any atom is 0.343 e. The molecule has 1 rings (SSSR count). The minimum Gasteiger partial charge on any atom is -0.493 e. The highest BCUT2D eigenvalue weighted by Gasteiger charge is 2.10. The molecule has 0 aliphatic carbocycles. The maximum atomic E-state index is 9.82. The summed E-state index contributed by atoms with van der Waals surface area (Å²) in [6, 6.07) is 7.53. The van der Waals surface area contributed by atoms with Crippen LogP contribution in [-0.4, -0.2) is 41.6 Å². The molecule has 1 aromatic carbocycles. The van der Waals surface area contributed by atoms with E-state index < -0.39 is 11.4 Å². The molecule has 0 saturated heterocycles. The number of carboxylic acids is 1. The first-order valence-corrected chi connectivity index (χ1v) is 6.31. The first-order valence-electron chi connectivity index (χ1n) is 5.26. The predicted octanol–water partition coefficient (Wildman–Crippen LogP) is 1.85. The standard InChI is InChI=1S/C8H10O2.C4H8O3S/c1-9-7-5-3-4-6-8(7)10-2;1-2-8-4(7)3(5)6/h3-6H,1-2H3;4,7H,2H2,1H3,(H,5,6). The van der Waals surface area contributed by atoms with Crippen LogP contribution in [0.25, 0.3) is 0 Å². The number of hydrogen-bond acceptors (Lipinski definition) is 5. The summed E-state index contributed by atoms with van der Waals surface area (Å²) in [5.74, 6) is 0.986. The first-order chi connectivity index (χ1) is 8.56. The van der Waals surface area contributed by atoms with Crippen LogP contribution in [0.5, 0.6) is 11.5 Å². The van der Waals surface area contributed by atoms with E-state index in [2.05, 4.69) is 0 Å². The number of methoxy groups -OCH3 is 2. The van der Waals surface area contributed by atoms with Crippen LogP contribution in [0.2, 0.25) is 0 Å². The van der Waals surface area contributed by atoms with Gasteiger partial charge in [0.1, 0.15) is 0 Å². The van der Waals surface area contributed by atoms with Crippen molar-refractivity contribution in [2.24, 2.45) is 0 Å². The Morgan fingerprint density at radius 2 is 1.72 bits per heavy atom. The highest BCUT2D eigenvalue weighted by atomic mass is 32.2. The summed E-state index contributed by atoms with van der Waals surface area (Å²) in [6.45, 7) is 1.79. The fourth-order valence-corrected chi connectivity index (χ4v) is 1.47. The molecule has 6 heteroatoms. The lowest BCUT2D eigenvalue weighted by Crippen LogP contribution is -2.14. The Kier molecular flexibility index (Phi) is 8.86. The molecule has 0 fully saturated rings. The SMILES string of the molecule is CCSC(O)C(=O)O.COc1ccccc1OC. The number of thioether (sulfide) groups is 1. The molecule has 0 saturated carbocycles. The van der Waals surface area contributed by atoms with Gasteiger partial charge in [-0.2, -0.15) is 0 Å². The van der Waals surface area contributed by atoms with Crippen LogP contribution in [0.4, 0.5) is 0 Å². The maximum absolute atomic E-state index is 9.82. The number of hydrogen-bond donors (Lipinski definition) is 2. The summed E-state index contributed by atoms with van der Waals surface area (Å²) >= 11 is 0.995. The summed E-state index contributed by atoms with van der Waals surface area (Å²) in [7, 11) is 3.25. The van der Waals surface area contributed by atoms with Crippen LogP contribution in [0, 0.1) is 0 Å². The van der Waals surface area contributed by atoms with Gasteiger partial charge in [-0.3, -0.25) is 0 Å². The van der Waals surface area contributed by atoms with Crippen LogP contribution in [-0.2, 0) is 4.79 Å². The van der Waals surface area contributed by atoms with Crippen molar-refractivity contribution in [2.75, 3.05) is 20.0 Å². The zero-order chi connectivity index (χ0) is 14.0. The summed E-state index contributed by atoms with van der Waals surface area (Å²) < 4.78 is 10.0. The number of benzene rings is 1. The monoisotopic (exact) mass is 274 g/mol. The smallest absolute Gasteiger partial charge is 0.343 e. The van der Waals surface area contributed by atoms with E-state index in [9.17, 15) is 4.79 Å². The second kappa shape index (κ2) is 9.61. The number of ether oxygens (including phenoxy) is 2. The Morgan fingerprint density at radius 3 is 1.94 bits per heavy atom. The van der Waals surface area contributed by atoms with Crippen LogP contribution in [0.1, 0.15) is 6.92 Å². The molecule has 0 spiro atoms. The quantitative estimate of drug-likeness (QED) is 0.798. The minimum atomic E-state index is -1.25. The second-order valence-corrected chi connectivity index (χ2v) is 4.36. The molecule has 18 heavy (non-hydrogen) atoms. The van der Waals surface area contributed by atoms with E-state index in [0.717, 1.165) is 23.3 Å². The lowest BCUT2D eigenvalue weighted by atomic mass is 10.3. The normalized spacial score (nSPS) is 10.9. The molecular weight excluding hydrogens is 256 g/mol. The topological polar surface area (TPSA) is 76.0 Å². The van der Waals surface area contributed by atoms with E-state index in [1.165, 1.54) is 0 Å². The number of para-hydroxylation sites is 2. The van der Waals surface area contributed by atoms with E-state index in [1.54, 1.807) is 21.1 Å². The molecule has 102 valence electrons. The van der Waals surface area contributed by atoms with Crippen molar-refractivity contribution >= 4 is 17.7 Å². The molecule has 1 aromatic rings. The van der Waals surface area contributed by atoms with E-state index in [1.807, 2.05) is 24.3 Å². The van der Waals surface area contributed by atoms with Crippen LogP contribution >= 0.6 is 11.8 Å². The van der Waals surface area contributed by atoms with Crippen molar-refractivity contribution in [1.82, 2.24) is 0 Å². The highest BCUT2D eigenvalue weighted by Crippen LogP contribution is 2.24. The Balaban J connectivity index is 0.000000331. The molecule has 5 nitrogen and oxygen atoms in total. The third-order valence-corrected chi connectivity index (χ3v) is 2.68. The van der Waals surface area contributed by atoms with E-state index in [4.69, 9.17) is 19.7 Å². The molecule has 0 heterocycles. The van der Waals surface area contributed by atoms with E-state index in [0.29, 0.717) is 5.75 Å². The van der Waals surface area contributed by atoms with Crippen molar-refractivity contribution in [2.45, 2.75) is 12.4 Å². The Bertz CT molecular complexity index is 333. The average molecular weight is 274 g/mol. The molecule has 0 aromatic heterocycles. The fraction of sp³-hybridized carbons (Fsp3) is 0.417. The minimum absolute atomic E-state index is 0.619. The van der Waals surface area contributed by atoms with E-state index >= 15 is 0 Å². The van der Waals surface area contributed by atoms with Crippen molar-refractivity contribution in [1.29, 1.82) is 0 Å². The van der Waals surface area contributed by atoms with Gasteiger partial charge in [-0.15, -0.1) is 11.8 Å². The van der Waals surface area contributed by atoms with Crippen molar-refractivity contribution in [3.63, 3.8) is 0 Å². The van der Waals surface area contributed by atoms with Gasteiger partial charge in [0.2, 0.25) is 0 Å². The summed E-state index contributed by atoms with van der Waals surface area (Å²) in [5, 5.41) is 16.5. The Morgan fingerprint density at radius 1 is 1.28 bits per heavy atom. The van der Waals surface area contributed by atoms with Gasteiger partial charge in [0.15, 0.2) is 16.9 Å².